The Balaban J connectivity index is 2.28. The second kappa shape index (κ2) is 5.61. The normalized spacial score (nSPS) is 13.9. The molecular weight excluding hydrogens is 227 g/mol. The Hall–Kier alpha value is -1.93. The molecule has 0 radical (unpaired) electrons. The Labute approximate surface area is 106 Å². The van der Waals surface area contributed by atoms with Crippen LogP contribution in [0, 0.1) is 5.82 Å². The summed E-state index contributed by atoms with van der Waals surface area (Å²) in [6.07, 6.45) is 0.995. The quantitative estimate of drug-likeness (QED) is 0.808. The van der Waals surface area contributed by atoms with Crippen molar-refractivity contribution in [1.29, 1.82) is 0 Å². The van der Waals surface area contributed by atoms with E-state index in [2.05, 4.69) is 6.58 Å². The first kappa shape index (κ1) is 12.5. The number of aliphatic hydroxyl groups is 1. The molecule has 0 aliphatic heterocycles. The number of rotatable bonds is 4. The fraction of sp³-hybridized carbons (Fsp3) is 0.125. The Kier molecular flexibility index (Phi) is 3.90. The average Bonchev–Trinajstić information content (AvgIpc) is 2.41. The van der Waals surface area contributed by atoms with Crippen molar-refractivity contribution in [2.45, 2.75) is 12.0 Å². The van der Waals surface area contributed by atoms with Gasteiger partial charge >= 0.3 is 0 Å². The van der Waals surface area contributed by atoms with Crippen LogP contribution < -0.4 is 0 Å². The van der Waals surface area contributed by atoms with Crippen LogP contribution in [0.1, 0.15) is 23.1 Å². The molecule has 0 saturated carbocycles. The number of halogens is 1. The summed E-state index contributed by atoms with van der Waals surface area (Å²) in [5.74, 6) is -0.502. The minimum absolute atomic E-state index is 0.198. The van der Waals surface area contributed by atoms with Crippen molar-refractivity contribution in [1.82, 2.24) is 0 Å². The maximum atomic E-state index is 12.9. The van der Waals surface area contributed by atoms with E-state index in [4.69, 9.17) is 0 Å². The van der Waals surface area contributed by atoms with E-state index in [1.54, 1.807) is 18.2 Å². The van der Waals surface area contributed by atoms with Crippen molar-refractivity contribution in [3.8, 4) is 0 Å². The lowest BCUT2D eigenvalue weighted by Crippen LogP contribution is -2.08. The minimum atomic E-state index is -0.717. The Bertz CT molecular complexity index is 504. The highest BCUT2D eigenvalue weighted by Crippen LogP contribution is 2.31. The molecule has 0 saturated heterocycles. The molecule has 0 aromatic heterocycles. The Morgan fingerprint density at radius 1 is 0.944 bits per heavy atom. The van der Waals surface area contributed by atoms with E-state index in [1.807, 2.05) is 30.3 Å². The topological polar surface area (TPSA) is 20.2 Å². The molecule has 1 N–H and O–H groups in total. The summed E-state index contributed by atoms with van der Waals surface area (Å²) in [5.41, 5.74) is 1.68. The van der Waals surface area contributed by atoms with Crippen LogP contribution in [0.3, 0.4) is 0 Å². The molecule has 0 aliphatic carbocycles. The van der Waals surface area contributed by atoms with Crippen molar-refractivity contribution in [3.63, 3.8) is 0 Å². The first-order valence-corrected chi connectivity index (χ1v) is 5.83. The predicted molar refractivity (Wildman–Crippen MR) is 70.7 cm³/mol. The van der Waals surface area contributed by atoms with Gasteiger partial charge in [-0.3, -0.25) is 0 Å². The molecule has 2 aromatic rings. The summed E-state index contributed by atoms with van der Waals surface area (Å²) in [6, 6.07) is 15.5. The van der Waals surface area contributed by atoms with Crippen molar-refractivity contribution in [2.75, 3.05) is 0 Å². The van der Waals surface area contributed by atoms with Crippen LogP contribution in [0.15, 0.2) is 67.3 Å². The lowest BCUT2D eigenvalue weighted by Gasteiger charge is -2.20. The molecule has 2 aromatic carbocycles. The third-order valence-electron chi connectivity index (χ3n) is 2.99. The average molecular weight is 242 g/mol. The molecule has 2 rings (SSSR count). The second-order valence-electron chi connectivity index (χ2n) is 4.17. The van der Waals surface area contributed by atoms with Gasteiger partial charge in [-0.1, -0.05) is 48.5 Å². The van der Waals surface area contributed by atoms with Crippen molar-refractivity contribution < 1.29 is 9.50 Å². The van der Waals surface area contributed by atoms with Gasteiger partial charge in [0, 0.05) is 5.92 Å². The molecule has 0 bridgehead atoms. The highest BCUT2D eigenvalue weighted by Gasteiger charge is 2.19. The summed E-state index contributed by atoms with van der Waals surface area (Å²) < 4.78 is 12.9. The van der Waals surface area contributed by atoms with Gasteiger partial charge in [0.05, 0.1) is 6.10 Å². The zero-order chi connectivity index (χ0) is 13.0. The van der Waals surface area contributed by atoms with Crippen molar-refractivity contribution >= 4 is 0 Å². The standard InChI is InChI=1S/C16H15FO/c1-2-15(12-6-4-3-5-7-12)16(18)13-8-10-14(17)11-9-13/h2-11,15-16,18H,1H2/t15-,16-/m0/s1. The number of hydrogen-bond acceptors (Lipinski definition) is 1. The molecule has 2 heteroatoms. The Morgan fingerprint density at radius 2 is 1.56 bits per heavy atom. The second-order valence-corrected chi connectivity index (χ2v) is 4.17. The van der Waals surface area contributed by atoms with Crippen LogP contribution in [0.4, 0.5) is 4.39 Å². The van der Waals surface area contributed by atoms with Gasteiger partial charge in [0.2, 0.25) is 0 Å². The Morgan fingerprint density at radius 3 is 2.11 bits per heavy atom. The van der Waals surface area contributed by atoms with Gasteiger partial charge in [-0.05, 0) is 23.3 Å². The lowest BCUT2D eigenvalue weighted by atomic mass is 9.89. The summed E-state index contributed by atoms with van der Waals surface area (Å²) in [7, 11) is 0. The first-order valence-electron chi connectivity index (χ1n) is 5.83. The molecular formula is C16H15FO. The van der Waals surface area contributed by atoms with Crippen molar-refractivity contribution in [2.24, 2.45) is 0 Å². The maximum absolute atomic E-state index is 12.9. The van der Waals surface area contributed by atoms with Crippen LogP contribution in [0.5, 0.6) is 0 Å². The van der Waals surface area contributed by atoms with E-state index in [1.165, 1.54) is 12.1 Å². The zero-order valence-corrected chi connectivity index (χ0v) is 9.96. The van der Waals surface area contributed by atoms with Crippen LogP contribution in [-0.2, 0) is 0 Å². The largest absolute Gasteiger partial charge is 0.387 e. The summed E-state index contributed by atoms with van der Waals surface area (Å²) >= 11 is 0. The molecule has 0 aliphatic rings. The molecule has 0 fully saturated rings. The molecule has 0 unspecified atom stereocenters. The molecule has 0 amide bonds. The van der Waals surface area contributed by atoms with Crippen LogP contribution >= 0.6 is 0 Å². The number of hydrogen-bond donors (Lipinski definition) is 1. The van der Waals surface area contributed by atoms with E-state index in [9.17, 15) is 9.50 Å². The van der Waals surface area contributed by atoms with E-state index in [0.717, 1.165) is 5.56 Å². The SMILES string of the molecule is C=C[C@@H](c1ccccc1)[C@@H](O)c1ccc(F)cc1. The molecule has 18 heavy (non-hydrogen) atoms. The van der Waals surface area contributed by atoms with Crippen molar-refractivity contribution in [3.05, 3.63) is 84.2 Å². The monoisotopic (exact) mass is 242 g/mol. The van der Waals surface area contributed by atoms with E-state index < -0.39 is 6.10 Å². The molecule has 0 spiro atoms. The number of aliphatic hydroxyl groups excluding tert-OH is 1. The summed E-state index contributed by atoms with van der Waals surface area (Å²) in [5, 5.41) is 10.3. The summed E-state index contributed by atoms with van der Waals surface area (Å²) in [4.78, 5) is 0. The van der Waals surface area contributed by atoms with Gasteiger partial charge in [0.25, 0.3) is 0 Å². The highest BCUT2D eigenvalue weighted by molar-refractivity contribution is 5.29. The minimum Gasteiger partial charge on any atom is -0.387 e. The van der Waals surface area contributed by atoms with Crippen LogP contribution in [0.25, 0.3) is 0 Å². The predicted octanol–water partition coefficient (Wildman–Crippen LogP) is 3.83. The third-order valence-corrected chi connectivity index (χ3v) is 2.99. The fourth-order valence-corrected chi connectivity index (χ4v) is 1.99. The maximum Gasteiger partial charge on any atom is 0.123 e. The first-order chi connectivity index (χ1) is 8.72. The fourth-order valence-electron chi connectivity index (χ4n) is 1.99. The van der Waals surface area contributed by atoms with Crippen LogP contribution in [0.2, 0.25) is 0 Å². The van der Waals surface area contributed by atoms with Gasteiger partial charge in [-0.2, -0.15) is 0 Å². The van der Waals surface area contributed by atoms with Gasteiger partial charge in [0.15, 0.2) is 0 Å². The lowest BCUT2D eigenvalue weighted by molar-refractivity contribution is 0.162. The van der Waals surface area contributed by atoms with Crippen LogP contribution in [-0.4, -0.2) is 5.11 Å². The summed E-state index contributed by atoms with van der Waals surface area (Å²) in [6.45, 7) is 3.77. The van der Waals surface area contributed by atoms with E-state index in [-0.39, 0.29) is 11.7 Å². The third kappa shape index (κ3) is 2.66. The number of benzene rings is 2. The highest BCUT2D eigenvalue weighted by atomic mass is 19.1. The zero-order valence-electron chi connectivity index (χ0n) is 9.96. The van der Waals surface area contributed by atoms with Gasteiger partial charge in [0.1, 0.15) is 5.82 Å². The van der Waals surface area contributed by atoms with Gasteiger partial charge < -0.3 is 5.11 Å². The van der Waals surface area contributed by atoms with E-state index >= 15 is 0 Å². The van der Waals surface area contributed by atoms with E-state index in [0.29, 0.717) is 5.56 Å². The van der Waals surface area contributed by atoms with Gasteiger partial charge in [-0.15, -0.1) is 6.58 Å². The smallest absolute Gasteiger partial charge is 0.123 e. The van der Waals surface area contributed by atoms with Gasteiger partial charge in [-0.25, -0.2) is 4.39 Å². The molecule has 1 nitrogen and oxygen atoms in total. The molecule has 0 heterocycles. The molecule has 2 atom stereocenters. The molecule has 92 valence electrons.